The molecule has 0 saturated carbocycles. The number of benzene rings is 2. The van der Waals surface area contributed by atoms with E-state index in [1.807, 2.05) is 41.3 Å². The number of fused-ring (bicyclic) bond motifs is 1. The van der Waals surface area contributed by atoms with Gasteiger partial charge in [0, 0.05) is 43.8 Å². The van der Waals surface area contributed by atoms with Crippen LogP contribution in [0.3, 0.4) is 0 Å². The lowest BCUT2D eigenvalue weighted by Gasteiger charge is -2.36. The van der Waals surface area contributed by atoms with Crippen LogP contribution in [0, 0.1) is 22.0 Å². The lowest BCUT2D eigenvalue weighted by molar-refractivity contribution is -0.384. The summed E-state index contributed by atoms with van der Waals surface area (Å²) < 4.78 is 0. The number of carbonyl (C=O) groups excluding carboxylic acids is 2. The summed E-state index contributed by atoms with van der Waals surface area (Å²) >= 11 is 5.96. The third-order valence-corrected chi connectivity index (χ3v) is 7.21. The summed E-state index contributed by atoms with van der Waals surface area (Å²) in [5, 5.41) is 12.6. The Balaban J connectivity index is 1.31. The molecule has 2 amide bonds. The molecule has 2 fully saturated rings. The highest BCUT2D eigenvalue weighted by atomic mass is 35.5. The molecule has 2 atom stereocenters. The van der Waals surface area contributed by atoms with Crippen LogP contribution in [-0.4, -0.2) is 47.8 Å². The number of piperazine rings is 1. The van der Waals surface area contributed by atoms with Crippen LogP contribution in [0.25, 0.3) is 0 Å². The van der Waals surface area contributed by atoms with Crippen molar-refractivity contribution in [2.45, 2.75) is 19.4 Å². The van der Waals surface area contributed by atoms with Gasteiger partial charge in [-0.05, 0) is 42.7 Å². The number of amides is 2. The summed E-state index contributed by atoms with van der Waals surface area (Å²) in [7, 11) is 0. The molecule has 9 heteroatoms. The number of halogens is 1. The Kier molecular flexibility index (Phi) is 6.10. The molecule has 2 aromatic rings. The van der Waals surface area contributed by atoms with E-state index in [0.717, 1.165) is 24.5 Å². The number of imide groups is 1. The van der Waals surface area contributed by atoms with E-state index in [9.17, 15) is 19.7 Å². The van der Waals surface area contributed by atoms with Crippen molar-refractivity contribution in [3.05, 3.63) is 75.3 Å². The van der Waals surface area contributed by atoms with Crippen molar-refractivity contribution >= 4 is 40.5 Å². The van der Waals surface area contributed by atoms with Gasteiger partial charge in [-0.15, -0.1) is 0 Å². The number of hydrogen-bond donors (Lipinski definition) is 0. The summed E-state index contributed by atoms with van der Waals surface area (Å²) in [6, 6.07) is 12.5. The van der Waals surface area contributed by atoms with Crippen molar-refractivity contribution in [3.63, 3.8) is 0 Å². The first-order valence-corrected chi connectivity index (χ1v) is 11.8. The highest BCUT2D eigenvalue weighted by Gasteiger charge is 2.48. The topological polar surface area (TPSA) is 87.0 Å². The predicted octanol–water partition coefficient (Wildman–Crippen LogP) is 4.03. The van der Waals surface area contributed by atoms with Crippen molar-refractivity contribution in [2.75, 3.05) is 36.0 Å². The predicted molar refractivity (Wildman–Crippen MR) is 130 cm³/mol. The first-order chi connectivity index (χ1) is 16.4. The van der Waals surface area contributed by atoms with Gasteiger partial charge in [-0.3, -0.25) is 24.6 Å². The van der Waals surface area contributed by atoms with Crippen LogP contribution in [0.15, 0.2) is 54.6 Å². The molecule has 34 heavy (non-hydrogen) atoms. The number of nitro groups is 1. The molecule has 2 aliphatic heterocycles. The zero-order chi connectivity index (χ0) is 23.8. The molecule has 0 aromatic heterocycles. The minimum Gasteiger partial charge on any atom is -0.363 e. The first kappa shape index (κ1) is 22.6. The minimum atomic E-state index is -0.432. The Labute approximate surface area is 202 Å². The number of nitrogens with zero attached hydrogens (tertiary/aromatic N) is 4. The zero-order valence-corrected chi connectivity index (χ0v) is 19.4. The van der Waals surface area contributed by atoms with Crippen LogP contribution in [0.4, 0.5) is 17.1 Å². The van der Waals surface area contributed by atoms with Crippen LogP contribution in [0.5, 0.6) is 0 Å². The summed E-state index contributed by atoms with van der Waals surface area (Å²) in [5.74, 6) is -1.27. The second-order valence-corrected chi connectivity index (χ2v) is 9.42. The molecule has 2 aromatic carbocycles. The summed E-state index contributed by atoms with van der Waals surface area (Å²) in [5.41, 5.74) is 1.88. The van der Waals surface area contributed by atoms with E-state index in [0.29, 0.717) is 36.6 Å². The van der Waals surface area contributed by atoms with Gasteiger partial charge in [-0.2, -0.15) is 0 Å². The molecule has 0 unspecified atom stereocenters. The molecular formula is C25H25ClN4O4. The monoisotopic (exact) mass is 480 g/mol. The van der Waals surface area contributed by atoms with E-state index >= 15 is 0 Å². The number of carbonyl (C=O) groups is 2. The highest BCUT2D eigenvalue weighted by molar-refractivity contribution is 6.30. The third kappa shape index (κ3) is 4.19. The molecule has 2 heterocycles. The maximum absolute atomic E-state index is 12.9. The molecule has 176 valence electrons. The van der Waals surface area contributed by atoms with E-state index in [2.05, 4.69) is 4.90 Å². The molecule has 1 aliphatic carbocycles. The normalized spacial score (nSPS) is 22.9. The molecule has 2 saturated heterocycles. The van der Waals surface area contributed by atoms with E-state index in [1.54, 1.807) is 12.1 Å². The van der Waals surface area contributed by atoms with Crippen molar-refractivity contribution in [2.24, 2.45) is 11.8 Å². The van der Waals surface area contributed by atoms with Gasteiger partial charge in [0.2, 0.25) is 11.8 Å². The van der Waals surface area contributed by atoms with Crippen LogP contribution in [0.2, 0.25) is 5.02 Å². The van der Waals surface area contributed by atoms with Gasteiger partial charge in [-0.25, -0.2) is 4.90 Å². The molecule has 0 N–H and O–H groups in total. The van der Waals surface area contributed by atoms with E-state index < -0.39 is 4.92 Å². The maximum atomic E-state index is 12.9. The molecule has 5 rings (SSSR count). The SMILES string of the molecule is O=C1[C@H]2CC=CC[C@H]2C(=O)N1c1ccc(N2CCN(Cc3ccc(Cl)cc3)CC2)c([N+](=O)[O-])c1. The van der Waals surface area contributed by atoms with Gasteiger partial charge in [0.15, 0.2) is 0 Å². The molecule has 3 aliphatic rings. The minimum absolute atomic E-state index is 0.0859. The molecule has 0 radical (unpaired) electrons. The average molecular weight is 481 g/mol. The second kappa shape index (κ2) is 9.19. The van der Waals surface area contributed by atoms with Gasteiger partial charge in [0.1, 0.15) is 5.69 Å². The number of allylic oxidation sites excluding steroid dienone is 2. The Hall–Kier alpha value is -3.23. The Morgan fingerprint density at radius 3 is 2.12 bits per heavy atom. The van der Waals surface area contributed by atoms with Gasteiger partial charge in [0.05, 0.1) is 22.4 Å². The summed E-state index contributed by atoms with van der Waals surface area (Å²) in [6.45, 7) is 3.61. The summed E-state index contributed by atoms with van der Waals surface area (Å²) in [4.78, 5) is 42.8. The number of hydrogen-bond acceptors (Lipinski definition) is 6. The molecular weight excluding hydrogens is 456 g/mol. The van der Waals surface area contributed by atoms with E-state index in [-0.39, 0.29) is 35.0 Å². The van der Waals surface area contributed by atoms with Crippen LogP contribution in [0.1, 0.15) is 18.4 Å². The largest absolute Gasteiger partial charge is 0.363 e. The molecule has 8 nitrogen and oxygen atoms in total. The summed E-state index contributed by atoms with van der Waals surface area (Å²) in [6.07, 6.45) is 4.92. The van der Waals surface area contributed by atoms with Gasteiger partial charge >= 0.3 is 0 Å². The molecule has 0 spiro atoms. The fourth-order valence-corrected chi connectivity index (χ4v) is 5.24. The zero-order valence-electron chi connectivity index (χ0n) is 18.6. The van der Waals surface area contributed by atoms with Gasteiger partial charge < -0.3 is 4.90 Å². The van der Waals surface area contributed by atoms with Crippen LogP contribution >= 0.6 is 11.6 Å². The number of nitro benzene ring substituents is 1. The quantitative estimate of drug-likeness (QED) is 0.278. The average Bonchev–Trinajstić information content (AvgIpc) is 3.11. The first-order valence-electron chi connectivity index (χ1n) is 11.5. The standard InChI is InChI=1S/C25H25ClN4O4/c26-18-7-5-17(6-8-18)16-27-11-13-28(14-12-27)22-10-9-19(15-23(22)30(33)34)29-24(31)20-3-1-2-4-21(20)25(29)32/h1-2,5-10,15,20-21H,3-4,11-14,16H2/t20-,21+. The van der Waals surface area contributed by atoms with E-state index in [4.69, 9.17) is 11.6 Å². The Bertz CT molecular complexity index is 1130. The number of anilines is 2. The smallest absolute Gasteiger partial charge is 0.294 e. The second-order valence-electron chi connectivity index (χ2n) is 8.99. The van der Waals surface area contributed by atoms with Crippen molar-refractivity contribution in [3.8, 4) is 0 Å². The van der Waals surface area contributed by atoms with Crippen LogP contribution in [-0.2, 0) is 16.1 Å². The number of rotatable bonds is 5. The highest BCUT2D eigenvalue weighted by Crippen LogP contribution is 2.40. The lowest BCUT2D eigenvalue weighted by atomic mass is 9.85. The van der Waals surface area contributed by atoms with Crippen LogP contribution < -0.4 is 9.80 Å². The van der Waals surface area contributed by atoms with E-state index in [1.165, 1.54) is 11.6 Å². The molecule has 0 bridgehead atoms. The Morgan fingerprint density at radius 2 is 1.53 bits per heavy atom. The fraction of sp³-hybridized carbons (Fsp3) is 0.360. The lowest BCUT2D eigenvalue weighted by Crippen LogP contribution is -2.46. The van der Waals surface area contributed by atoms with Gasteiger partial charge in [-0.1, -0.05) is 35.9 Å². The maximum Gasteiger partial charge on any atom is 0.294 e. The Morgan fingerprint density at radius 1 is 0.912 bits per heavy atom. The van der Waals surface area contributed by atoms with Gasteiger partial charge in [0.25, 0.3) is 5.69 Å². The fourth-order valence-electron chi connectivity index (χ4n) is 5.11. The van der Waals surface area contributed by atoms with Crippen molar-refractivity contribution < 1.29 is 14.5 Å². The van der Waals surface area contributed by atoms with Crippen molar-refractivity contribution in [1.29, 1.82) is 0 Å². The third-order valence-electron chi connectivity index (χ3n) is 6.95. The van der Waals surface area contributed by atoms with Crippen molar-refractivity contribution in [1.82, 2.24) is 4.90 Å².